The van der Waals surface area contributed by atoms with Gasteiger partial charge in [0, 0.05) is 18.7 Å². The molecule has 0 fully saturated rings. The number of aromatic nitrogens is 3. The van der Waals surface area contributed by atoms with Gasteiger partial charge in [0.2, 0.25) is 0 Å². The van der Waals surface area contributed by atoms with E-state index in [0.717, 1.165) is 36.7 Å². The molecular weight excluding hydrogens is 276 g/mol. The van der Waals surface area contributed by atoms with Crippen LogP contribution in [0.2, 0.25) is 0 Å². The zero-order valence-electron chi connectivity index (χ0n) is 12.9. The fraction of sp³-hybridized carbons (Fsp3) is 0.438. The van der Waals surface area contributed by atoms with Crippen molar-refractivity contribution in [2.24, 2.45) is 10.7 Å². The van der Waals surface area contributed by atoms with Crippen LogP contribution in [0.4, 0.5) is 5.69 Å². The number of nitrogens with one attached hydrogen (secondary N) is 1. The summed E-state index contributed by atoms with van der Waals surface area (Å²) in [6.07, 6.45) is 4.38. The number of aryl methyl sites for hydroxylation is 2. The van der Waals surface area contributed by atoms with E-state index in [4.69, 9.17) is 5.73 Å². The van der Waals surface area contributed by atoms with Crippen molar-refractivity contribution in [3.8, 4) is 0 Å². The van der Waals surface area contributed by atoms with E-state index < -0.39 is 0 Å². The molecule has 0 atom stereocenters. The molecule has 2 aromatic rings. The number of guanidine groups is 1. The Morgan fingerprint density at radius 1 is 1.36 bits per heavy atom. The third kappa shape index (κ3) is 3.27. The standard InChI is InChI=1S/C16H22N6/c1-2-12-6-5-7-13(10-12)19-16(17)18-11-15-21-20-14-8-3-4-9-22(14)15/h5-7,10H,2-4,8-9,11H2,1H3,(H3,17,18,19). The summed E-state index contributed by atoms with van der Waals surface area (Å²) in [6.45, 7) is 3.57. The number of aliphatic imine (C=N–C) groups is 1. The van der Waals surface area contributed by atoms with Crippen molar-refractivity contribution in [1.29, 1.82) is 0 Å². The van der Waals surface area contributed by atoms with Crippen molar-refractivity contribution in [1.82, 2.24) is 14.8 Å². The smallest absolute Gasteiger partial charge is 0.193 e. The molecule has 3 rings (SSSR count). The lowest BCUT2D eigenvalue weighted by atomic mass is 10.1. The van der Waals surface area contributed by atoms with Gasteiger partial charge in [0.1, 0.15) is 12.4 Å². The Kier molecular flexibility index (Phi) is 4.37. The van der Waals surface area contributed by atoms with Gasteiger partial charge in [0.15, 0.2) is 11.8 Å². The van der Waals surface area contributed by atoms with Gasteiger partial charge in [-0.1, -0.05) is 19.1 Å². The molecule has 1 aliphatic rings. The largest absolute Gasteiger partial charge is 0.370 e. The Morgan fingerprint density at radius 2 is 2.27 bits per heavy atom. The highest BCUT2D eigenvalue weighted by atomic mass is 15.3. The molecule has 0 unspecified atom stereocenters. The molecule has 2 heterocycles. The molecule has 6 heteroatoms. The number of hydrogen-bond acceptors (Lipinski definition) is 3. The Balaban J connectivity index is 1.66. The van der Waals surface area contributed by atoms with Gasteiger partial charge in [0.05, 0.1) is 0 Å². The molecule has 0 spiro atoms. The fourth-order valence-electron chi connectivity index (χ4n) is 2.70. The van der Waals surface area contributed by atoms with Gasteiger partial charge in [0.25, 0.3) is 0 Å². The molecule has 1 aliphatic heterocycles. The van der Waals surface area contributed by atoms with Crippen LogP contribution in [0.1, 0.15) is 37.0 Å². The molecule has 0 radical (unpaired) electrons. The minimum atomic E-state index is 0.404. The van der Waals surface area contributed by atoms with Crippen LogP contribution in [-0.2, 0) is 25.9 Å². The third-order valence-corrected chi connectivity index (χ3v) is 3.93. The molecule has 0 saturated carbocycles. The maximum Gasteiger partial charge on any atom is 0.193 e. The zero-order chi connectivity index (χ0) is 15.4. The van der Waals surface area contributed by atoms with Gasteiger partial charge >= 0.3 is 0 Å². The Morgan fingerprint density at radius 3 is 3.14 bits per heavy atom. The second-order valence-corrected chi connectivity index (χ2v) is 5.52. The molecule has 0 saturated heterocycles. The summed E-state index contributed by atoms with van der Waals surface area (Å²) < 4.78 is 2.16. The average Bonchev–Trinajstić information content (AvgIpc) is 2.96. The maximum absolute atomic E-state index is 5.97. The van der Waals surface area contributed by atoms with Crippen LogP contribution in [0.25, 0.3) is 0 Å². The Bertz CT molecular complexity index is 673. The third-order valence-electron chi connectivity index (χ3n) is 3.93. The van der Waals surface area contributed by atoms with Gasteiger partial charge in [-0.25, -0.2) is 4.99 Å². The Labute approximate surface area is 130 Å². The highest BCUT2D eigenvalue weighted by molar-refractivity contribution is 5.92. The van der Waals surface area contributed by atoms with Crippen molar-refractivity contribution in [3.63, 3.8) is 0 Å². The number of benzene rings is 1. The average molecular weight is 298 g/mol. The first-order valence-corrected chi connectivity index (χ1v) is 7.83. The van der Waals surface area contributed by atoms with Crippen LogP contribution in [0.15, 0.2) is 29.3 Å². The van der Waals surface area contributed by atoms with Crippen molar-refractivity contribution < 1.29 is 0 Å². The second-order valence-electron chi connectivity index (χ2n) is 5.52. The molecular formula is C16H22N6. The highest BCUT2D eigenvalue weighted by Crippen LogP contribution is 2.15. The van der Waals surface area contributed by atoms with Gasteiger partial charge in [-0.2, -0.15) is 0 Å². The molecule has 1 aromatic heterocycles. The van der Waals surface area contributed by atoms with E-state index in [-0.39, 0.29) is 0 Å². The predicted molar refractivity (Wildman–Crippen MR) is 87.7 cm³/mol. The van der Waals surface area contributed by atoms with Crippen molar-refractivity contribution in [2.75, 3.05) is 5.32 Å². The minimum Gasteiger partial charge on any atom is -0.370 e. The normalized spacial score (nSPS) is 14.7. The lowest BCUT2D eigenvalue weighted by Crippen LogP contribution is -2.23. The summed E-state index contributed by atoms with van der Waals surface area (Å²) in [5.41, 5.74) is 8.20. The van der Waals surface area contributed by atoms with E-state index in [1.54, 1.807) is 0 Å². The van der Waals surface area contributed by atoms with Crippen LogP contribution in [0.3, 0.4) is 0 Å². The number of anilines is 1. The molecule has 0 bridgehead atoms. The quantitative estimate of drug-likeness (QED) is 0.669. The lowest BCUT2D eigenvalue weighted by Gasteiger charge is -2.14. The van der Waals surface area contributed by atoms with E-state index >= 15 is 0 Å². The van der Waals surface area contributed by atoms with Crippen molar-refractivity contribution in [3.05, 3.63) is 41.5 Å². The van der Waals surface area contributed by atoms with Crippen LogP contribution < -0.4 is 11.1 Å². The summed E-state index contributed by atoms with van der Waals surface area (Å²) in [5, 5.41) is 11.6. The second kappa shape index (κ2) is 6.60. The van der Waals surface area contributed by atoms with Gasteiger partial charge in [-0.05, 0) is 37.0 Å². The number of nitrogens with two attached hydrogens (primary N) is 1. The van der Waals surface area contributed by atoms with E-state index in [1.165, 1.54) is 18.4 Å². The number of rotatable bonds is 4. The topological polar surface area (TPSA) is 81.1 Å². The molecule has 22 heavy (non-hydrogen) atoms. The summed E-state index contributed by atoms with van der Waals surface area (Å²) in [5.74, 6) is 2.36. The molecule has 3 N–H and O–H groups in total. The number of hydrogen-bond donors (Lipinski definition) is 2. The number of fused-ring (bicyclic) bond motifs is 1. The first-order chi connectivity index (χ1) is 10.8. The maximum atomic E-state index is 5.97. The predicted octanol–water partition coefficient (Wildman–Crippen LogP) is 2.10. The summed E-state index contributed by atoms with van der Waals surface area (Å²) in [7, 11) is 0. The van der Waals surface area contributed by atoms with Crippen molar-refractivity contribution >= 4 is 11.6 Å². The van der Waals surface area contributed by atoms with Gasteiger partial charge in [-0.3, -0.25) is 0 Å². The van der Waals surface area contributed by atoms with Gasteiger partial charge < -0.3 is 15.6 Å². The molecule has 1 aromatic carbocycles. The van der Waals surface area contributed by atoms with Crippen LogP contribution in [-0.4, -0.2) is 20.7 Å². The molecule has 6 nitrogen and oxygen atoms in total. The Hall–Kier alpha value is -2.37. The van der Waals surface area contributed by atoms with Crippen LogP contribution in [0, 0.1) is 0 Å². The van der Waals surface area contributed by atoms with E-state index in [0.29, 0.717) is 12.5 Å². The lowest BCUT2D eigenvalue weighted by molar-refractivity contribution is 0.508. The van der Waals surface area contributed by atoms with Gasteiger partial charge in [-0.15, -0.1) is 10.2 Å². The summed E-state index contributed by atoms with van der Waals surface area (Å²) in [6, 6.07) is 8.19. The minimum absolute atomic E-state index is 0.404. The first kappa shape index (κ1) is 14.6. The highest BCUT2D eigenvalue weighted by Gasteiger charge is 2.15. The van der Waals surface area contributed by atoms with Crippen molar-refractivity contribution in [2.45, 2.75) is 45.7 Å². The first-order valence-electron chi connectivity index (χ1n) is 7.83. The summed E-state index contributed by atoms with van der Waals surface area (Å²) in [4.78, 5) is 4.39. The van der Waals surface area contributed by atoms with Crippen LogP contribution in [0.5, 0.6) is 0 Å². The number of nitrogens with zero attached hydrogens (tertiary/aromatic N) is 4. The molecule has 0 aliphatic carbocycles. The SMILES string of the molecule is CCc1cccc(NC(N)=NCc2nnc3n2CCCC3)c1. The zero-order valence-corrected chi connectivity index (χ0v) is 12.9. The van der Waals surface area contributed by atoms with E-state index in [2.05, 4.69) is 44.1 Å². The van der Waals surface area contributed by atoms with E-state index in [1.807, 2.05) is 12.1 Å². The molecule has 116 valence electrons. The summed E-state index contributed by atoms with van der Waals surface area (Å²) >= 11 is 0. The van der Waals surface area contributed by atoms with E-state index in [9.17, 15) is 0 Å². The molecule has 0 amide bonds. The monoisotopic (exact) mass is 298 g/mol. The van der Waals surface area contributed by atoms with Crippen LogP contribution >= 0.6 is 0 Å². The fourth-order valence-corrected chi connectivity index (χ4v) is 2.70.